The standard InChI is InChI=1S/C51H81NO12S/c1-3-4-5-6-7-8-9-16-27-36-43(61-46(55)37-28-17-12-10-14-21-30-41-32-23-19-24-33-41)39-45(54)52-48-50(49(64-65(57,58)59)44(40-53)62-51(48)60-2)63-47(56)38-29-18-13-11-15-22-31-42-34-25-20-26-35-42/h19-20,23-26,32-35,43-44,48-51,53H,3-18,21-22,27-31,36-40H2,1-2H3,(H,52,54)(H,57,58,59)/t43-,44-,48-,49-,50-,51-/m1/s1. The summed E-state index contributed by atoms with van der Waals surface area (Å²) in [7, 11) is -3.85. The molecule has 368 valence electrons. The van der Waals surface area contributed by atoms with Gasteiger partial charge in [-0.15, -0.1) is 0 Å². The van der Waals surface area contributed by atoms with E-state index in [-0.39, 0.29) is 25.2 Å². The minimum Gasteiger partial charge on any atom is -0.462 e. The second kappa shape index (κ2) is 34.0. The topological polar surface area (TPSA) is 184 Å². The van der Waals surface area contributed by atoms with Crippen LogP contribution in [0, 0.1) is 0 Å². The molecule has 1 fully saturated rings. The molecule has 13 nitrogen and oxygen atoms in total. The van der Waals surface area contributed by atoms with Crippen LogP contribution in [0.1, 0.15) is 179 Å². The largest absolute Gasteiger partial charge is 0.462 e. The predicted octanol–water partition coefficient (Wildman–Crippen LogP) is 10.1. The van der Waals surface area contributed by atoms with Gasteiger partial charge in [0.2, 0.25) is 5.91 Å². The normalized spacial score (nSPS) is 19.1. The summed E-state index contributed by atoms with van der Waals surface area (Å²) in [4.78, 5) is 40.3. The number of aliphatic hydroxyl groups excluding tert-OH is 1. The molecule has 3 rings (SSSR count). The number of nitrogens with one attached hydrogen (secondary N) is 1. The summed E-state index contributed by atoms with van der Waals surface area (Å²) in [5, 5.41) is 12.9. The van der Waals surface area contributed by atoms with Crippen LogP contribution in [0.4, 0.5) is 0 Å². The van der Waals surface area contributed by atoms with Gasteiger partial charge in [0.25, 0.3) is 0 Å². The monoisotopic (exact) mass is 932 g/mol. The Morgan fingerprint density at radius 1 is 0.662 bits per heavy atom. The van der Waals surface area contributed by atoms with Crippen LogP contribution >= 0.6 is 0 Å². The highest BCUT2D eigenvalue weighted by Gasteiger charge is 2.51. The highest BCUT2D eigenvalue weighted by molar-refractivity contribution is 7.80. The molecule has 1 aliphatic heterocycles. The number of benzene rings is 2. The van der Waals surface area contributed by atoms with Crippen LogP contribution in [0.2, 0.25) is 0 Å². The minimum atomic E-state index is -5.14. The zero-order chi connectivity index (χ0) is 47.0. The van der Waals surface area contributed by atoms with Crippen molar-refractivity contribution < 1.29 is 55.6 Å². The van der Waals surface area contributed by atoms with Crippen molar-refractivity contribution in [3.8, 4) is 0 Å². The van der Waals surface area contributed by atoms with Gasteiger partial charge in [-0.3, -0.25) is 18.9 Å². The number of hydrogen-bond donors (Lipinski definition) is 3. The maximum Gasteiger partial charge on any atom is 0.397 e. The molecule has 3 N–H and O–H groups in total. The number of rotatable bonds is 37. The highest BCUT2D eigenvalue weighted by Crippen LogP contribution is 2.29. The maximum absolute atomic E-state index is 13.9. The average molecular weight is 932 g/mol. The zero-order valence-electron chi connectivity index (χ0n) is 39.4. The van der Waals surface area contributed by atoms with Crippen molar-refractivity contribution in [3.05, 3.63) is 71.8 Å². The third kappa shape index (κ3) is 25.4. The van der Waals surface area contributed by atoms with Gasteiger partial charge >= 0.3 is 22.3 Å². The molecule has 0 radical (unpaired) electrons. The molecule has 1 heterocycles. The van der Waals surface area contributed by atoms with E-state index in [0.717, 1.165) is 103 Å². The molecular weight excluding hydrogens is 851 g/mol. The van der Waals surface area contributed by atoms with Gasteiger partial charge in [-0.1, -0.05) is 170 Å². The second-order valence-electron chi connectivity index (χ2n) is 17.6. The van der Waals surface area contributed by atoms with Crippen LogP contribution < -0.4 is 5.32 Å². The van der Waals surface area contributed by atoms with Crippen molar-refractivity contribution in [3.63, 3.8) is 0 Å². The Balaban J connectivity index is 1.58. The first-order chi connectivity index (χ1) is 31.5. The Morgan fingerprint density at radius 2 is 1.14 bits per heavy atom. The van der Waals surface area contributed by atoms with Gasteiger partial charge in [0, 0.05) is 20.0 Å². The second-order valence-corrected chi connectivity index (χ2v) is 18.7. The Morgan fingerprint density at radius 3 is 1.63 bits per heavy atom. The summed E-state index contributed by atoms with van der Waals surface area (Å²) in [5.74, 6) is -1.63. The molecule has 2 aromatic carbocycles. The number of aliphatic hydroxyl groups is 1. The van der Waals surface area contributed by atoms with E-state index in [1.54, 1.807) is 0 Å². The Kier molecular flexibility index (Phi) is 29.2. The van der Waals surface area contributed by atoms with Gasteiger partial charge < -0.3 is 29.4 Å². The number of unbranched alkanes of at least 4 members (excludes halogenated alkanes) is 18. The van der Waals surface area contributed by atoms with Crippen LogP contribution in [0.15, 0.2) is 60.7 Å². The number of ether oxygens (including phenoxy) is 4. The third-order valence-corrected chi connectivity index (χ3v) is 12.6. The van der Waals surface area contributed by atoms with Gasteiger partial charge in [-0.25, -0.2) is 4.18 Å². The van der Waals surface area contributed by atoms with Gasteiger partial charge in [-0.05, 0) is 62.5 Å². The van der Waals surface area contributed by atoms with E-state index in [1.807, 2.05) is 24.3 Å². The number of methoxy groups -OCH3 is 1. The lowest BCUT2D eigenvalue weighted by Crippen LogP contribution is -2.66. The fraction of sp³-hybridized carbons (Fsp3) is 0.706. The molecule has 0 spiro atoms. The average Bonchev–Trinajstić information content (AvgIpc) is 3.28. The molecule has 0 aliphatic carbocycles. The van der Waals surface area contributed by atoms with E-state index in [2.05, 4.69) is 48.6 Å². The fourth-order valence-electron chi connectivity index (χ4n) is 8.49. The predicted molar refractivity (Wildman–Crippen MR) is 252 cm³/mol. The number of carbonyl (C=O) groups is 3. The smallest absolute Gasteiger partial charge is 0.397 e. The van der Waals surface area contributed by atoms with Crippen LogP contribution in [-0.4, -0.2) is 86.4 Å². The molecular formula is C51H81NO12S. The summed E-state index contributed by atoms with van der Waals surface area (Å²) in [6, 6.07) is 19.5. The van der Waals surface area contributed by atoms with Crippen molar-refractivity contribution in [2.45, 2.75) is 217 Å². The molecule has 14 heteroatoms. The maximum atomic E-state index is 13.9. The number of esters is 2. The number of amides is 1. The van der Waals surface area contributed by atoms with Crippen LogP contribution in [0.5, 0.6) is 0 Å². The van der Waals surface area contributed by atoms with Crippen molar-refractivity contribution in [1.29, 1.82) is 0 Å². The molecule has 2 aromatic rings. The van der Waals surface area contributed by atoms with E-state index in [9.17, 15) is 32.5 Å². The molecule has 0 aromatic heterocycles. The first-order valence-electron chi connectivity index (χ1n) is 24.7. The quantitative estimate of drug-likeness (QED) is 0.0332. The Hall–Kier alpha value is -3.40. The zero-order valence-corrected chi connectivity index (χ0v) is 40.2. The summed E-state index contributed by atoms with van der Waals surface area (Å²) in [6.07, 6.45) is 17.1. The van der Waals surface area contributed by atoms with Gasteiger partial charge in [0.05, 0.1) is 13.0 Å². The molecule has 0 bridgehead atoms. The van der Waals surface area contributed by atoms with Gasteiger partial charge in [0.15, 0.2) is 12.4 Å². The lowest BCUT2D eigenvalue weighted by Gasteiger charge is -2.44. The van der Waals surface area contributed by atoms with E-state index in [1.165, 1.54) is 50.3 Å². The number of carbonyl (C=O) groups excluding carboxylic acids is 3. The van der Waals surface area contributed by atoms with Gasteiger partial charge in [-0.2, -0.15) is 8.42 Å². The van der Waals surface area contributed by atoms with E-state index in [0.29, 0.717) is 19.3 Å². The van der Waals surface area contributed by atoms with E-state index >= 15 is 0 Å². The molecule has 1 saturated heterocycles. The number of hydrogen-bond acceptors (Lipinski definition) is 11. The molecule has 0 unspecified atom stereocenters. The third-order valence-electron chi connectivity index (χ3n) is 12.1. The molecule has 1 amide bonds. The molecule has 1 aliphatic rings. The minimum absolute atomic E-state index is 0.00704. The summed E-state index contributed by atoms with van der Waals surface area (Å²) < 4.78 is 61.8. The van der Waals surface area contributed by atoms with E-state index < -0.39 is 65.6 Å². The van der Waals surface area contributed by atoms with Crippen molar-refractivity contribution in [2.24, 2.45) is 0 Å². The first-order valence-corrected chi connectivity index (χ1v) is 26.1. The molecule has 0 saturated carbocycles. The van der Waals surface area contributed by atoms with Crippen molar-refractivity contribution >= 4 is 28.2 Å². The van der Waals surface area contributed by atoms with Crippen molar-refractivity contribution in [1.82, 2.24) is 5.32 Å². The molecule has 6 atom stereocenters. The van der Waals surface area contributed by atoms with Crippen LogP contribution in [-0.2, 0) is 60.8 Å². The summed E-state index contributed by atoms with van der Waals surface area (Å²) in [6.45, 7) is 1.43. The Bertz CT molecular complexity index is 1660. The lowest BCUT2D eigenvalue weighted by atomic mass is 9.96. The Labute approximate surface area is 390 Å². The van der Waals surface area contributed by atoms with Crippen LogP contribution in [0.25, 0.3) is 0 Å². The van der Waals surface area contributed by atoms with Crippen LogP contribution in [0.3, 0.4) is 0 Å². The van der Waals surface area contributed by atoms with E-state index in [4.69, 9.17) is 23.1 Å². The van der Waals surface area contributed by atoms with Gasteiger partial charge in [0.1, 0.15) is 24.4 Å². The lowest BCUT2D eigenvalue weighted by molar-refractivity contribution is -0.262. The summed E-state index contributed by atoms with van der Waals surface area (Å²) in [5.41, 5.74) is 2.65. The molecule has 65 heavy (non-hydrogen) atoms. The SMILES string of the molecule is CCCCCCCCCCC[C@H](CC(=O)N[C@H]1[C@H](OC)O[C@H](CO)[C@@H](OS(=O)(=O)O)[C@@H]1OC(=O)CCCCCCCCc1ccccc1)OC(=O)CCCCCCCCc1ccccc1. The number of aryl methyl sites for hydroxylation is 2. The van der Waals surface area contributed by atoms with Crippen molar-refractivity contribution in [2.75, 3.05) is 13.7 Å². The fourth-order valence-corrected chi connectivity index (χ4v) is 9.01. The highest BCUT2D eigenvalue weighted by atomic mass is 32.3. The summed E-state index contributed by atoms with van der Waals surface area (Å²) >= 11 is 0. The first kappa shape index (κ1) is 55.9.